The SMILES string of the molecule is C.C.C.C.C.C.COc1ccc(Oc2ccc(C(=O)c3ccc(Oc4ccc(C(=O)c5ccc(C)cc5)cc4)cc3)cc2)cc1. The monoisotopic (exact) mass is 610 g/mol. The van der Waals surface area contributed by atoms with Gasteiger partial charge in [0.1, 0.15) is 28.7 Å². The number of aryl methyl sites for hydroxylation is 1. The molecular weight excluding hydrogens is 560 g/mol. The van der Waals surface area contributed by atoms with Crippen molar-refractivity contribution in [3.8, 4) is 28.7 Å². The zero-order valence-electron chi connectivity index (χ0n) is 21.6. The van der Waals surface area contributed by atoms with Gasteiger partial charge in [-0.25, -0.2) is 0 Å². The van der Waals surface area contributed by atoms with E-state index in [2.05, 4.69) is 0 Å². The fourth-order valence-electron chi connectivity index (χ4n) is 3.98. The molecule has 5 rings (SSSR count). The summed E-state index contributed by atoms with van der Waals surface area (Å²) in [6.45, 7) is 1.99. The molecule has 0 saturated carbocycles. The van der Waals surface area contributed by atoms with Crippen LogP contribution in [0.4, 0.5) is 0 Å². The van der Waals surface area contributed by atoms with Crippen molar-refractivity contribution in [2.24, 2.45) is 0 Å². The molecule has 240 valence electrons. The second kappa shape index (κ2) is 19.2. The molecular formula is C40H50O5. The molecule has 0 fully saturated rings. The maximum Gasteiger partial charge on any atom is 0.193 e. The molecule has 5 nitrogen and oxygen atoms in total. The Bertz CT molecular complexity index is 1570. The molecule has 0 amide bonds. The van der Waals surface area contributed by atoms with E-state index in [9.17, 15) is 9.59 Å². The average molecular weight is 611 g/mol. The predicted octanol–water partition coefficient (Wildman–Crippen LogP) is 11.9. The highest BCUT2D eigenvalue weighted by atomic mass is 16.5. The Morgan fingerprint density at radius 1 is 0.378 bits per heavy atom. The molecule has 0 spiro atoms. The summed E-state index contributed by atoms with van der Waals surface area (Å²) < 4.78 is 16.9. The summed E-state index contributed by atoms with van der Waals surface area (Å²) in [5.41, 5.74) is 3.45. The predicted molar refractivity (Wildman–Crippen MR) is 191 cm³/mol. The van der Waals surface area contributed by atoms with Crippen molar-refractivity contribution in [1.29, 1.82) is 0 Å². The number of ether oxygens (including phenoxy) is 3. The van der Waals surface area contributed by atoms with Gasteiger partial charge >= 0.3 is 0 Å². The van der Waals surface area contributed by atoms with Gasteiger partial charge in [-0.3, -0.25) is 9.59 Å². The van der Waals surface area contributed by atoms with Crippen LogP contribution in [0.5, 0.6) is 28.7 Å². The lowest BCUT2D eigenvalue weighted by molar-refractivity contribution is 0.103. The highest BCUT2D eigenvalue weighted by Crippen LogP contribution is 2.26. The normalized spacial score (nSPS) is 9.11. The first kappa shape index (κ1) is 42.0. The van der Waals surface area contributed by atoms with E-state index in [1.807, 2.05) is 55.5 Å². The van der Waals surface area contributed by atoms with Crippen LogP contribution in [0.25, 0.3) is 0 Å². The number of carbonyl (C=O) groups is 2. The maximum atomic E-state index is 13.0. The van der Waals surface area contributed by atoms with Crippen LogP contribution >= 0.6 is 0 Å². The van der Waals surface area contributed by atoms with E-state index in [4.69, 9.17) is 14.2 Å². The molecule has 0 bridgehead atoms. The van der Waals surface area contributed by atoms with Crippen molar-refractivity contribution < 1.29 is 23.8 Å². The van der Waals surface area contributed by atoms with Crippen LogP contribution in [0.3, 0.4) is 0 Å². The van der Waals surface area contributed by atoms with Gasteiger partial charge < -0.3 is 14.2 Å². The largest absolute Gasteiger partial charge is 0.497 e. The van der Waals surface area contributed by atoms with E-state index >= 15 is 0 Å². The first-order valence-corrected chi connectivity index (χ1v) is 12.4. The van der Waals surface area contributed by atoms with E-state index in [0.29, 0.717) is 45.3 Å². The quantitative estimate of drug-likeness (QED) is 0.155. The summed E-state index contributed by atoms with van der Waals surface area (Å²) >= 11 is 0. The van der Waals surface area contributed by atoms with Crippen molar-refractivity contribution >= 4 is 11.6 Å². The van der Waals surface area contributed by atoms with E-state index in [1.165, 1.54) is 0 Å². The van der Waals surface area contributed by atoms with Gasteiger partial charge in [-0.05, 0) is 104 Å². The number of carbonyl (C=O) groups excluding carboxylic acids is 2. The Labute approximate surface area is 271 Å². The number of benzene rings is 5. The van der Waals surface area contributed by atoms with Crippen molar-refractivity contribution in [3.05, 3.63) is 149 Å². The molecule has 5 heteroatoms. The molecule has 0 aliphatic rings. The molecule has 0 atom stereocenters. The summed E-state index contributed by atoms with van der Waals surface area (Å²) in [4.78, 5) is 25.6. The summed E-state index contributed by atoms with van der Waals surface area (Å²) in [6, 6.07) is 35.8. The van der Waals surface area contributed by atoms with Gasteiger partial charge in [0, 0.05) is 22.3 Å². The number of rotatable bonds is 9. The third-order valence-electron chi connectivity index (χ3n) is 6.19. The van der Waals surface area contributed by atoms with Gasteiger partial charge in [-0.2, -0.15) is 0 Å². The molecule has 5 aromatic rings. The Morgan fingerprint density at radius 2 is 0.600 bits per heavy atom. The smallest absolute Gasteiger partial charge is 0.193 e. The second-order valence-electron chi connectivity index (χ2n) is 8.98. The first-order chi connectivity index (χ1) is 19.0. The van der Waals surface area contributed by atoms with Crippen LogP contribution in [0.2, 0.25) is 0 Å². The minimum Gasteiger partial charge on any atom is -0.497 e. The molecule has 0 radical (unpaired) electrons. The third-order valence-corrected chi connectivity index (χ3v) is 6.19. The summed E-state index contributed by atoms with van der Waals surface area (Å²) in [7, 11) is 1.61. The average Bonchev–Trinajstić information content (AvgIpc) is 2.98. The minimum absolute atomic E-state index is 0. The molecule has 0 aliphatic heterocycles. The van der Waals surface area contributed by atoms with Crippen LogP contribution in [-0.2, 0) is 0 Å². The number of methoxy groups -OCH3 is 1. The fraction of sp³-hybridized carbons (Fsp3) is 0.200. The van der Waals surface area contributed by atoms with Gasteiger partial charge in [-0.15, -0.1) is 0 Å². The van der Waals surface area contributed by atoms with Crippen molar-refractivity contribution in [1.82, 2.24) is 0 Å². The highest BCUT2D eigenvalue weighted by Gasteiger charge is 2.11. The molecule has 0 heterocycles. The molecule has 0 aliphatic carbocycles. The Morgan fingerprint density at radius 3 is 0.867 bits per heavy atom. The second-order valence-corrected chi connectivity index (χ2v) is 8.98. The van der Waals surface area contributed by atoms with Crippen LogP contribution < -0.4 is 14.2 Å². The number of hydrogen-bond acceptors (Lipinski definition) is 5. The number of ketones is 2. The van der Waals surface area contributed by atoms with Gasteiger partial charge in [0.25, 0.3) is 0 Å². The summed E-state index contributed by atoms with van der Waals surface area (Å²) in [6.07, 6.45) is 0. The van der Waals surface area contributed by atoms with Crippen LogP contribution in [-0.4, -0.2) is 18.7 Å². The molecule has 0 saturated heterocycles. The first-order valence-electron chi connectivity index (χ1n) is 12.4. The Kier molecular flexibility index (Phi) is 17.9. The minimum atomic E-state index is -0.100. The zero-order valence-corrected chi connectivity index (χ0v) is 21.6. The standard InChI is InChI=1S/C34H26O5.6CH4/c1-23-3-5-24(6-4-23)33(35)25-7-13-29(14-8-25)38-30-15-9-26(10-16-30)34(36)27-11-17-31(18-12-27)39-32-21-19-28(37-2)20-22-32;;;;;;/h3-22H,1-2H3;6*1H4. The van der Waals surface area contributed by atoms with E-state index < -0.39 is 0 Å². The van der Waals surface area contributed by atoms with Gasteiger partial charge in [-0.1, -0.05) is 74.4 Å². The molecule has 0 aromatic heterocycles. The highest BCUT2D eigenvalue weighted by molar-refractivity contribution is 6.09. The van der Waals surface area contributed by atoms with Gasteiger partial charge in [0.2, 0.25) is 0 Å². The zero-order chi connectivity index (χ0) is 27.2. The van der Waals surface area contributed by atoms with Crippen molar-refractivity contribution in [2.45, 2.75) is 51.5 Å². The van der Waals surface area contributed by atoms with Crippen molar-refractivity contribution in [3.63, 3.8) is 0 Å². The van der Waals surface area contributed by atoms with Crippen LogP contribution in [0.15, 0.2) is 121 Å². The van der Waals surface area contributed by atoms with Gasteiger partial charge in [0.15, 0.2) is 11.6 Å². The number of hydrogen-bond donors (Lipinski definition) is 0. The van der Waals surface area contributed by atoms with Crippen molar-refractivity contribution in [2.75, 3.05) is 7.11 Å². The van der Waals surface area contributed by atoms with E-state index in [0.717, 1.165) is 11.3 Å². The molecule has 45 heavy (non-hydrogen) atoms. The topological polar surface area (TPSA) is 61.8 Å². The lowest BCUT2D eigenvalue weighted by Gasteiger charge is -2.09. The molecule has 0 unspecified atom stereocenters. The Balaban J connectivity index is 0. The maximum absolute atomic E-state index is 13.0. The lowest BCUT2D eigenvalue weighted by Crippen LogP contribution is -2.01. The Hall–Kier alpha value is -5.16. The summed E-state index contributed by atoms with van der Waals surface area (Å²) in [5, 5.41) is 0. The van der Waals surface area contributed by atoms with E-state index in [1.54, 1.807) is 79.9 Å². The van der Waals surface area contributed by atoms with Crippen LogP contribution in [0.1, 0.15) is 82.0 Å². The fourth-order valence-corrected chi connectivity index (χ4v) is 3.98. The molecule has 0 N–H and O–H groups in total. The molecule has 5 aromatic carbocycles. The summed E-state index contributed by atoms with van der Waals surface area (Å²) in [5.74, 6) is 3.11. The van der Waals surface area contributed by atoms with Gasteiger partial charge in [0.05, 0.1) is 7.11 Å². The van der Waals surface area contributed by atoms with E-state index in [-0.39, 0.29) is 56.1 Å². The lowest BCUT2D eigenvalue weighted by atomic mass is 10.0. The third kappa shape index (κ3) is 10.5. The van der Waals surface area contributed by atoms with Crippen LogP contribution in [0, 0.1) is 6.92 Å².